The number of aldehydes is 1. The zero-order valence-electron chi connectivity index (χ0n) is 30.3. The summed E-state index contributed by atoms with van der Waals surface area (Å²) >= 11 is 0. The number of carbonyl (C=O) groups is 3. The first kappa shape index (κ1) is 38.3. The smallest absolute Gasteiger partial charge is 0.407 e. The van der Waals surface area contributed by atoms with Gasteiger partial charge in [0.15, 0.2) is 0 Å². The topological polar surface area (TPSA) is 130 Å². The van der Waals surface area contributed by atoms with Gasteiger partial charge in [0.1, 0.15) is 30.2 Å². The van der Waals surface area contributed by atoms with E-state index in [0.717, 1.165) is 43.5 Å². The van der Waals surface area contributed by atoms with Crippen LogP contribution in [-0.4, -0.2) is 82.3 Å². The van der Waals surface area contributed by atoms with Crippen LogP contribution < -0.4 is 16.0 Å². The third-order valence-electron chi connectivity index (χ3n) is 9.26. The minimum absolute atomic E-state index is 0.0156. The Kier molecular flexibility index (Phi) is 12.9. The Morgan fingerprint density at radius 2 is 1.83 bits per heavy atom. The standard InChI is InChI=1S/C39H49F2N7O4/c1-39(2,3)52-38(51)43-21-30-7-6-29(20-34(30)41)37-35-19-26(22-48(35)45-25-44-37)5-10-31(40)23-47-17-15-28(16-18-47)27-8-11-32(12-9-27)46-33(24-49)13-14-36(50)42-4/h6-9,11-12,19-20,22,24-25,28,31,33,46H,5,10,13-18,21,23H2,1-4H3,(H,42,50)(H,43,51). The van der Waals surface area contributed by atoms with Crippen molar-refractivity contribution in [2.24, 2.45) is 0 Å². The van der Waals surface area contributed by atoms with Crippen molar-refractivity contribution in [3.05, 3.63) is 83.6 Å². The molecule has 1 aliphatic rings. The summed E-state index contributed by atoms with van der Waals surface area (Å²) in [6.45, 7) is 7.28. The first-order valence-corrected chi connectivity index (χ1v) is 17.9. The van der Waals surface area contributed by atoms with Gasteiger partial charge in [0, 0.05) is 49.6 Å². The number of anilines is 1. The van der Waals surface area contributed by atoms with Crippen LogP contribution in [0.1, 0.15) is 75.5 Å². The molecule has 278 valence electrons. The number of alkyl carbamates (subject to hydrolysis) is 1. The number of likely N-dealkylation sites (tertiary alicyclic amines) is 1. The van der Waals surface area contributed by atoms with E-state index >= 15 is 8.78 Å². The third kappa shape index (κ3) is 10.8. The molecule has 3 N–H and O–H groups in total. The SMILES string of the molecule is CNC(=O)CCC(C=O)Nc1ccc(C2CCN(CC(F)CCc3cc4c(-c5ccc(CNC(=O)OC(C)(C)C)c(F)c5)ncnn4c3)CC2)cc1. The molecule has 4 aromatic rings. The predicted molar refractivity (Wildman–Crippen MR) is 196 cm³/mol. The highest BCUT2D eigenvalue weighted by Gasteiger charge is 2.23. The minimum atomic E-state index is -0.986. The van der Waals surface area contributed by atoms with Crippen molar-refractivity contribution in [1.29, 1.82) is 0 Å². The van der Waals surface area contributed by atoms with Gasteiger partial charge < -0.3 is 30.4 Å². The summed E-state index contributed by atoms with van der Waals surface area (Å²) in [7, 11) is 1.58. The summed E-state index contributed by atoms with van der Waals surface area (Å²) < 4.78 is 37.2. The van der Waals surface area contributed by atoms with Gasteiger partial charge in [-0.25, -0.2) is 23.1 Å². The fourth-order valence-corrected chi connectivity index (χ4v) is 6.46. The lowest BCUT2D eigenvalue weighted by atomic mass is 9.89. The van der Waals surface area contributed by atoms with Crippen molar-refractivity contribution in [3.8, 4) is 11.3 Å². The van der Waals surface area contributed by atoms with E-state index in [1.165, 1.54) is 18.0 Å². The highest BCUT2D eigenvalue weighted by molar-refractivity contribution is 5.78. The van der Waals surface area contributed by atoms with Crippen LogP contribution in [0, 0.1) is 5.82 Å². The van der Waals surface area contributed by atoms with E-state index in [4.69, 9.17) is 4.74 Å². The van der Waals surface area contributed by atoms with Crippen LogP contribution in [0.5, 0.6) is 0 Å². The molecule has 0 radical (unpaired) electrons. The van der Waals surface area contributed by atoms with E-state index in [-0.39, 0.29) is 18.9 Å². The zero-order chi connectivity index (χ0) is 37.3. The number of halogens is 2. The predicted octanol–water partition coefficient (Wildman–Crippen LogP) is 6.22. The Labute approximate surface area is 303 Å². The molecule has 0 spiro atoms. The molecule has 2 amide bonds. The van der Waals surface area contributed by atoms with Crippen molar-refractivity contribution in [1.82, 2.24) is 30.1 Å². The maximum absolute atomic E-state index is 15.3. The van der Waals surface area contributed by atoms with Gasteiger partial charge in [0.25, 0.3) is 0 Å². The molecule has 0 aliphatic carbocycles. The summed E-state index contributed by atoms with van der Waals surface area (Å²) in [5, 5.41) is 12.7. The number of rotatable bonds is 15. The second-order valence-corrected chi connectivity index (χ2v) is 14.4. The van der Waals surface area contributed by atoms with E-state index in [0.29, 0.717) is 54.1 Å². The molecule has 1 aliphatic heterocycles. The van der Waals surface area contributed by atoms with E-state index in [2.05, 4.69) is 43.1 Å². The molecule has 52 heavy (non-hydrogen) atoms. The Hall–Kier alpha value is -4.91. The normalized spacial score (nSPS) is 15.2. The monoisotopic (exact) mass is 717 g/mol. The van der Waals surface area contributed by atoms with Gasteiger partial charge in [-0.15, -0.1) is 0 Å². The number of benzene rings is 2. The Bertz CT molecular complexity index is 1820. The molecule has 3 heterocycles. The number of nitrogens with zero attached hydrogens (tertiary/aromatic N) is 4. The third-order valence-corrected chi connectivity index (χ3v) is 9.26. The van der Waals surface area contributed by atoms with E-state index in [9.17, 15) is 14.4 Å². The number of aromatic nitrogens is 3. The van der Waals surface area contributed by atoms with E-state index in [1.807, 2.05) is 24.4 Å². The molecule has 2 unspecified atom stereocenters. The van der Waals surface area contributed by atoms with Gasteiger partial charge in [0.2, 0.25) is 5.91 Å². The fraction of sp³-hybridized carbons (Fsp3) is 0.462. The van der Waals surface area contributed by atoms with Gasteiger partial charge in [-0.05, 0) is 107 Å². The highest BCUT2D eigenvalue weighted by atomic mass is 19.1. The second-order valence-electron chi connectivity index (χ2n) is 14.4. The van der Waals surface area contributed by atoms with Crippen molar-refractivity contribution < 1.29 is 27.9 Å². The maximum Gasteiger partial charge on any atom is 0.407 e. The number of hydrogen-bond acceptors (Lipinski definition) is 8. The average molecular weight is 718 g/mol. The molecule has 11 nitrogen and oxygen atoms in total. The number of carbonyl (C=O) groups excluding carboxylic acids is 3. The molecule has 5 rings (SSSR count). The Balaban J connectivity index is 1.09. The number of ether oxygens (including phenoxy) is 1. The number of fused-ring (bicyclic) bond motifs is 1. The summed E-state index contributed by atoms with van der Waals surface area (Å²) in [6.07, 6.45) is 5.98. The number of amides is 2. The largest absolute Gasteiger partial charge is 0.444 e. The number of nitrogens with one attached hydrogen (secondary N) is 3. The molecular weight excluding hydrogens is 668 g/mol. The lowest BCUT2D eigenvalue weighted by Crippen LogP contribution is -2.37. The number of piperidine rings is 1. The molecule has 1 fully saturated rings. The zero-order valence-corrected chi connectivity index (χ0v) is 30.3. The van der Waals surface area contributed by atoms with Gasteiger partial charge >= 0.3 is 6.09 Å². The van der Waals surface area contributed by atoms with Crippen molar-refractivity contribution in [2.45, 2.75) is 89.6 Å². The molecule has 2 aromatic carbocycles. The summed E-state index contributed by atoms with van der Waals surface area (Å²) in [5.41, 5.74) is 4.47. The van der Waals surface area contributed by atoms with Crippen LogP contribution >= 0.6 is 0 Å². The average Bonchev–Trinajstić information content (AvgIpc) is 3.55. The first-order chi connectivity index (χ1) is 24.9. The van der Waals surface area contributed by atoms with Gasteiger partial charge in [0.05, 0.1) is 17.3 Å². The quantitative estimate of drug-likeness (QED) is 0.124. The Morgan fingerprint density at radius 1 is 1.08 bits per heavy atom. The summed E-state index contributed by atoms with van der Waals surface area (Å²) in [5.74, 6) is -0.185. The highest BCUT2D eigenvalue weighted by Crippen LogP contribution is 2.30. The Morgan fingerprint density at radius 3 is 2.50 bits per heavy atom. The lowest BCUT2D eigenvalue weighted by molar-refractivity contribution is -0.120. The van der Waals surface area contributed by atoms with Crippen LogP contribution in [-0.2, 0) is 27.3 Å². The van der Waals surface area contributed by atoms with Gasteiger partial charge in [-0.2, -0.15) is 5.10 Å². The molecule has 1 saturated heterocycles. The molecule has 0 bridgehead atoms. The molecule has 2 atom stereocenters. The minimum Gasteiger partial charge on any atom is -0.444 e. The van der Waals surface area contributed by atoms with Crippen molar-refractivity contribution in [3.63, 3.8) is 0 Å². The summed E-state index contributed by atoms with van der Waals surface area (Å²) in [4.78, 5) is 41.6. The first-order valence-electron chi connectivity index (χ1n) is 17.9. The molecule has 0 saturated carbocycles. The van der Waals surface area contributed by atoms with Crippen molar-refractivity contribution >= 4 is 29.5 Å². The number of hydrogen-bond donors (Lipinski definition) is 3. The van der Waals surface area contributed by atoms with Crippen molar-refractivity contribution in [2.75, 3.05) is 32.0 Å². The van der Waals surface area contributed by atoms with Gasteiger partial charge in [-0.1, -0.05) is 24.3 Å². The van der Waals surface area contributed by atoms with Crippen LogP contribution in [0.15, 0.2) is 61.1 Å². The molecular formula is C39H49F2N7O4. The van der Waals surface area contributed by atoms with Gasteiger partial charge in [-0.3, -0.25) is 4.79 Å². The maximum atomic E-state index is 15.3. The van der Waals surface area contributed by atoms with Crippen LogP contribution in [0.3, 0.4) is 0 Å². The number of alkyl halides is 1. The van der Waals surface area contributed by atoms with Crippen LogP contribution in [0.2, 0.25) is 0 Å². The molecule has 2 aromatic heterocycles. The van der Waals surface area contributed by atoms with Crippen LogP contribution in [0.4, 0.5) is 19.3 Å². The van der Waals surface area contributed by atoms with E-state index < -0.39 is 29.7 Å². The second kappa shape index (κ2) is 17.5. The van der Waals surface area contributed by atoms with E-state index in [1.54, 1.807) is 44.5 Å². The summed E-state index contributed by atoms with van der Waals surface area (Å²) in [6, 6.07) is 14.3. The fourth-order valence-electron chi connectivity index (χ4n) is 6.46. The molecule has 13 heteroatoms. The lowest BCUT2D eigenvalue weighted by Gasteiger charge is -2.33. The van der Waals surface area contributed by atoms with Crippen LogP contribution in [0.25, 0.3) is 16.8 Å². The number of aryl methyl sites for hydroxylation is 1.